The monoisotopic (exact) mass is 316 g/mol. The van der Waals surface area contributed by atoms with Crippen molar-refractivity contribution in [1.82, 2.24) is 0 Å². The van der Waals surface area contributed by atoms with Gasteiger partial charge >= 0.3 is 0 Å². The van der Waals surface area contributed by atoms with Gasteiger partial charge in [-0.05, 0) is 47.4 Å². The maximum Gasteiger partial charge on any atom is 0.122 e. The first-order chi connectivity index (χ1) is 10.8. The molecule has 0 aliphatic heterocycles. The average Bonchev–Trinajstić information content (AvgIpc) is 2.52. The first-order valence-electron chi connectivity index (χ1n) is 7.68. The smallest absolute Gasteiger partial charge is 0.122 e. The molecule has 0 spiro atoms. The van der Waals surface area contributed by atoms with Crippen molar-refractivity contribution in [2.24, 2.45) is 0 Å². The van der Waals surface area contributed by atoms with Gasteiger partial charge in [0.25, 0.3) is 0 Å². The van der Waals surface area contributed by atoms with E-state index in [2.05, 4.69) is 20.8 Å². The van der Waals surface area contributed by atoms with E-state index in [1.807, 2.05) is 24.3 Å². The highest BCUT2D eigenvalue weighted by molar-refractivity contribution is 5.31. The molecule has 1 unspecified atom stereocenters. The van der Waals surface area contributed by atoms with E-state index in [4.69, 9.17) is 9.47 Å². The molecule has 0 saturated carbocycles. The topological polar surface area (TPSA) is 58.9 Å². The van der Waals surface area contributed by atoms with Crippen LogP contribution in [0.2, 0.25) is 0 Å². The normalized spacial score (nSPS) is 12.7. The van der Waals surface area contributed by atoms with Gasteiger partial charge in [0.2, 0.25) is 0 Å². The lowest BCUT2D eigenvalue weighted by atomic mass is 9.87. The maximum absolute atomic E-state index is 9.91. The maximum atomic E-state index is 9.91. The Kier molecular flexibility index (Phi) is 5.50. The summed E-state index contributed by atoms with van der Waals surface area (Å²) in [7, 11) is 0. The van der Waals surface area contributed by atoms with Crippen LogP contribution in [0, 0.1) is 0 Å². The molecule has 0 radical (unpaired) electrons. The minimum atomic E-state index is -0.730. The van der Waals surface area contributed by atoms with Gasteiger partial charge in [-0.1, -0.05) is 32.9 Å². The molecule has 0 heterocycles. The van der Waals surface area contributed by atoms with Crippen molar-refractivity contribution < 1.29 is 19.7 Å². The van der Waals surface area contributed by atoms with E-state index in [0.29, 0.717) is 5.75 Å². The summed E-state index contributed by atoms with van der Waals surface area (Å²) in [5.41, 5.74) is 1.34. The van der Waals surface area contributed by atoms with Crippen LogP contribution < -0.4 is 9.47 Å². The zero-order valence-electron chi connectivity index (χ0n) is 13.8. The largest absolute Gasteiger partial charge is 0.508 e. The number of aliphatic hydroxyl groups is 1. The molecule has 0 saturated heterocycles. The van der Waals surface area contributed by atoms with Crippen molar-refractivity contribution >= 4 is 0 Å². The number of phenolic OH excluding ortho intramolecular Hbond substituents is 1. The van der Waals surface area contributed by atoms with E-state index in [0.717, 1.165) is 5.75 Å². The van der Waals surface area contributed by atoms with Crippen molar-refractivity contribution in [2.75, 3.05) is 13.2 Å². The van der Waals surface area contributed by atoms with E-state index < -0.39 is 6.10 Å². The highest BCUT2D eigenvalue weighted by Crippen LogP contribution is 2.24. The molecule has 0 amide bonds. The van der Waals surface area contributed by atoms with Crippen LogP contribution in [-0.4, -0.2) is 29.5 Å². The highest BCUT2D eigenvalue weighted by atomic mass is 16.5. The third kappa shape index (κ3) is 5.49. The molecule has 0 fully saturated rings. The van der Waals surface area contributed by atoms with Gasteiger partial charge in [-0.15, -0.1) is 0 Å². The van der Waals surface area contributed by atoms with Crippen LogP contribution in [0.4, 0.5) is 0 Å². The lowest BCUT2D eigenvalue weighted by molar-refractivity contribution is 0.0626. The minimum Gasteiger partial charge on any atom is -0.508 e. The van der Waals surface area contributed by atoms with Crippen LogP contribution in [0.3, 0.4) is 0 Å². The Balaban J connectivity index is 1.77. The zero-order valence-corrected chi connectivity index (χ0v) is 13.8. The molecule has 0 bridgehead atoms. The summed E-state index contributed by atoms with van der Waals surface area (Å²) in [4.78, 5) is 0. The number of aromatic hydroxyl groups is 1. The molecule has 4 nitrogen and oxygen atoms in total. The van der Waals surface area contributed by atoms with E-state index in [9.17, 15) is 10.2 Å². The van der Waals surface area contributed by atoms with Crippen LogP contribution in [0.1, 0.15) is 26.3 Å². The Morgan fingerprint density at radius 1 is 0.826 bits per heavy atom. The Morgan fingerprint density at radius 3 is 1.70 bits per heavy atom. The van der Waals surface area contributed by atoms with Gasteiger partial charge in [0.15, 0.2) is 0 Å². The summed E-state index contributed by atoms with van der Waals surface area (Å²) in [6.07, 6.45) is -0.730. The van der Waals surface area contributed by atoms with Crippen LogP contribution >= 0.6 is 0 Å². The van der Waals surface area contributed by atoms with Crippen LogP contribution in [-0.2, 0) is 5.41 Å². The second-order valence-electron chi connectivity index (χ2n) is 6.54. The molecule has 0 aromatic heterocycles. The minimum absolute atomic E-state index is 0.107. The summed E-state index contributed by atoms with van der Waals surface area (Å²) in [5, 5.41) is 19.1. The molecular weight excluding hydrogens is 292 g/mol. The van der Waals surface area contributed by atoms with Crippen LogP contribution in [0.15, 0.2) is 48.5 Å². The zero-order chi connectivity index (χ0) is 16.9. The summed E-state index contributed by atoms with van der Waals surface area (Å²) in [6.45, 7) is 6.77. The van der Waals surface area contributed by atoms with Gasteiger partial charge in [-0.3, -0.25) is 0 Å². The average molecular weight is 316 g/mol. The van der Waals surface area contributed by atoms with Crippen molar-refractivity contribution in [3.05, 3.63) is 54.1 Å². The van der Waals surface area contributed by atoms with Gasteiger partial charge in [0.05, 0.1) is 0 Å². The van der Waals surface area contributed by atoms with E-state index in [1.165, 1.54) is 17.7 Å². The number of aliphatic hydroxyl groups excluding tert-OH is 1. The molecule has 2 aromatic rings. The first kappa shape index (κ1) is 17.2. The van der Waals surface area contributed by atoms with Crippen molar-refractivity contribution in [2.45, 2.75) is 32.3 Å². The molecule has 2 aromatic carbocycles. The second kappa shape index (κ2) is 7.38. The SMILES string of the molecule is CC(C)(C)c1ccc(OCC(O)COc2ccc(O)cc2)cc1. The molecular formula is C19H24O4. The molecule has 124 valence electrons. The fraction of sp³-hybridized carbons (Fsp3) is 0.368. The Hall–Kier alpha value is -2.20. The number of benzene rings is 2. The number of phenols is 1. The fourth-order valence-corrected chi connectivity index (χ4v) is 2.03. The summed E-state index contributed by atoms with van der Waals surface area (Å²) in [5.74, 6) is 1.50. The highest BCUT2D eigenvalue weighted by Gasteiger charge is 2.13. The van der Waals surface area contributed by atoms with E-state index in [-0.39, 0.29) is 24.4 Å². The Labute approximate surface area is 137 Å². The fourth-order valence-electron chi connectivity index (χ4n) is 2.03. The molecule has 4 heteroatoms. The first-order valence-corrected chi connectivity index (χ1v) is 7.68. The summed E-state index contributed by atoms with van der Waals surface area (Å²) in [6, 6.07) is 14.3. The predicted molar refractivity (Wildman–Crippen MR) is 90.2 cm³/mol. The van der Waals surface area contributed by atoms with Crippen molar-refractivity contribution in [3.8, 4) is 17.2 Å². The molecule has 2 rings (SSSR count). The van der Waals surface area contributed by atoms with E-state index >= 15 is 0 Å². The molecule has 0 aliphatic rings. The second-order valence-corrected chi connectivity index (χ2v) is 6.54. The number of hydrogen-bond donors (Lipinski definition) is 2. The molecule has 0 aliphatic carbocycles. The van der Waals surface area contributed by atoms with Gasteiger partial charge in [0, 0.05) is 0 Å². The van der Waals surface area contributed by atoms with Crippen LogP contribution in [0.5, 0.6) is 17.2 Å². The molecule has 23 heavy (non-hydrogen) atoms. The standard InChI is InChI=1S/C19H24O4/c1-19(2,3)14-4-8-17(9-5-14)22-12-16(21)13-23-18-10-6-15(20)7-11-18/h4-11,16,20-21H,12-13H2,1-3H3. The lowest BCUT2D eigenvalue weighted by Gasteiger charge is -2.19. The quantitative estimate of drug-likeness (QED) is 0.856. The predicted octanol–water partition coefficient (Wildman–Crippen LogP) is 3.51. The van der Waals surface area contributed by atoms with Crippen molar-refractivity contribution in [3.63, 3.8) is 0 Å². The molecule has 1 atom stereocenters. The van der Waals surface area contributed by atoms with Gasteiger partial charge in [0.1, 0.15) is 36.6 Å². The Morgan fingerprint density at radius 2 is 1.26 bits per heavy atom. The number of ether oxygens (including phenoxy) is 2. The van der Waals surface area contributed by atoms with Crippen molar-refractivity contribution in [1.29, 1.82) is 0 Å². The number of rotatable bonds is 6. The number of hydrogen-bond acceptors (Lipinski definition) is 4. The van der Waals surface area contributed by atoms with Gasteiger partial charge < -0.3 is 19.7 Å². The molecule has 2 N–H and O–H groups in total. The lowest BCUT2D eigenvalue weighted by Crippen LogP contribution is -2.25. The van der Waals surface area contributed by atoms with Gasteiger partial charge in [-0.2, -0.15) is 0 Å². The summed E-state index contributed by atoms with van der Waals surface area (Å²) < 4.78 is 11.0. The third-order valence-corrected chi connectivity index (χ3v) is 3.44. The van der Waals surface area contributed by atoms with Gasteiger partial charge in [-0.25, -0.2) is 0 Å². The van der Waals surface area contributed by atoms with Crippen LogP contribution in [0.25, 0.3) is 0 Å². The Bertz CT molecular complexity index is 597. The van der Waals surface area contributed by atoms with E-state index in [1.54, 1.807) is 12.1 Å². The third-order valence-electron chi connectivity index (χ3n) is 3.44. The summed E-state index contributed by atoms with van der Waals surface area (Å²) >= 11 is 0.